The van der Waals surface area contributed by atoms with Gasteiger partial charge >= 0.3 is 0 Å². The van der Waals surface area contributed by atoms with Crippen LogP contribution in [0, 0.1) is 17.2 Å². The molecule has 2 aliphatic heterocycles. The maximum Gasteiger partial charge on any atom is 0.175 e. The molecule has 3 aromatic rings. The largest absolute Gasteiger partial charge is 0.488 e. The van der Waals surface area contributed by atoms with Gasteiger partial charge in [-0.2, -0.15) is 5.26 Å². The summed E-state index contributed by atoms with van der Waals surface area (Å²) < 4.78 is 23.3. The Morgan fingerprint density at radius 3 is 2.65 bits per heavy atom. The molecule has 2 aromatic carbocycles. The number of hydrogen-bond acceptors (Lipinski definition) is 8. The number of fused-ring (bicyclic) bond motifs is 1. The van der Waals surface area contributed by atoms with Crippen LogP contribution < -0.4 is 4.74 Å². The lowest BCUT2D eigenvalue weighted by atomic mass is 9.91. The fraction of sp³-hybridized carbons (Fsp3) is 0.517. The van der Waals surface area contributed by atoms with E-state index in [2.05, 4.69) is 27.1 Å². The summed E-state index contributed by atoms with van der Waals surface area (Å²) in [5, 5.41) is 14.9. The fourth-order valence-electron chi connectivity index (χ4n) is 5.31. The van der Waals surface area contributed by atoms with E-state index in [1.165, 1.54) is 12.8 Å². The van der Waals surface area contributed by atoms with E-state index in [4.69, 9.17) is 18.7 Å². The van der Waals surface area contributed by atoms with E-state index in [1.807, 2.05) is 44.4 Å². The highest BCUT2D eigenvalue weighted by Crippen LogP contribution is 2.33. The van der Waals surface area contributed by atoms with Crippen LogP contribution in [0.2, 0.25) is 0 Å². The van der Waals surface area contributed by atoms with Gasteiger partial charge in [0.25, 0.3) is 0 Å². The van der Waals surface area contributed by atoms with Crippen molar-refractivity contribution in [2.75, 3.05) is 46.9 Å². The third-order valence-electron chi connectivity index (χ3n) is 7.37. The van der Waals surface area contributed by atoms with Crippen molar-refractivity contribution in [2.45, 2.75) is 45.1 Å². The third-order valence-corrected chi connectivity index (χ3v) is 7.37. The molecule has 196 valence electrons. The van der Waals surface area contributed by atoms with Gasteiger partial charge in [0.2, 0.25) is 0 Å². The van der Waals surface area contributed by atoms with Crippen molar-refractivity contribution in [3.8, 4) is 11.8 Å². The van der Waals surface area contributed by atoms with Crippen LogP contribution in [-0.2, 0) is 29.0 Å². The molecule has 2 aliphatic rings. The van der Waals surface area contributed by atoms with Crippen LogP contribution in [0.3, 0.4) is 0 Å². The Bertz CT molecular complexity index is 1220. The van der Waals surface area contributed by atoms with Gasteiger partial charge < -0.3 is 23.6 Å². The Morgan fingerprint density at radius 1 is 1.11 bits per heavy atom. The number of aromatic nitrogens is 1. The third kappa shape index (κ3) is 6.31. The lowest BCUT2D eigenvalue weighted by Crippen LogP contribution is -2.39. The van der Waals surface area contributed by atoms with Crippen LogP contribution in [-0.4, -0.2) is 68.2 Å². The molecule has 0 bridgehead atoms. The number of aryl methyl sites for hydroxylation is 1. The molecule has 0 aliphatic carbocycles. The fourth-order valence-corrected chi connectivity index (χ4v) is 5.31. The summed E-state index contributed by atoms with van der Waals surface area (Å²) in [5.41, 5.74) is 4.30. The van der Waals surface area contributed by atoms with E-state index >= 15 is 0 Å². The summed E-state index contributed by atoms with van der Waals surface area (Å²) in [4.78, 5) is 4.56. The Labute approximate surface area is 218 Å². The smallest absolute Gasteiger partial charge is 0.175 e. The first-order valence-corrected chi connectivity index (χ1v) is 13.2. The maximum atomic E-state index is 9.40. The number of hydrogen-bond donors (Lipinski definition) is 0. The van der Waals surface area contributed by atoms with E-state index in [-0.39, 0.29) is 6.29 Å². The zero-order valence-corrected chi connectivity index (χ0v) is 21.8. The number of ether oxygens (including phenoxy) is 3. The molecule has 8 nitrogen and oxygen atoms in total. The van der Waals surface area contributed by atoms with Crippen LogP contribution >= 0.6 is 0 Å². The first-order valence-electron chi connectivity index (χ1n) is 13.2. The van der Waals surface area contributed by atoms with Crippen LogP contribution in [0.4, 0.5) is 0 Å². The summed E-state index contributed by atoms with van der Waals surface area (Å²) in [6, 6.07) is 13.9. The van der Waals surface area contributed by atoms with Gasteiger partial charge in [-0.05, 0) is 77.0 Å². The van der Waals surface area contributed by atoms with Gasteiger partial charge in [-0.25, -0.2) is 0 Å². The summed E-state index contributed by atoms with van der Waals surface area (Å²) in [5.74, 6) is 1.46. The van der Waals surface area contributed by atoms with E-state index in [0.717, 1.165) is 66.0 Å². The lowest BCUT2D eigenvalue weighted by molar-refractivity contribution is -0.0661. The molecule has 8 heteroatoms. The summed E-state index contributed by atoms with van der Waals surface area (Å²) in [6.07, 6.45) is 4.35. The number of benzene rings is 2. The SMILES string of the molecule is CN(C)Cc1c(OCc2ccccc2C#N)ccc2c(CCC3CCN(CC4OCCO4)CC3)noc12. The molecular formula is C29H36N4O4. The maximum absolute atomic E-state index is 9.40. The van der Waals surface area contributed by atoms with Crippen molar-refractivity contribution in [1.82, 2.24) is 15.0 Å². The van der Waals surface area contributed by atoms with Crippen molar-refractivity contribution >= 4 is 11.0 Å². The Hall–Kier alpha value is -2.96. The van der Waals surface area contributed by atoms with Gasteiger partial charge in [0.1, 0.15) is 12.4 Å². The highest BCUT2D eigenvalue weighted by Gasteiger charge is 2.25. The second kappa shape index (κ2) is 12.1. The molecule has 0 radical (unpaired) electrons. The molecule has 2 saturated heterocycles. The molecule has 1 aromatic heterocycles. The van der Waals surface area contributed by atoms with Crippen LogP contribution in [0.5, 0.6) is 5.75 Å². The van der Waals surface area contributed by atoms with E-state index in [0.29, 0.717) is 37.8 Å². The number of likely N-dealkylation sites (tertiary alicyclic amines) is 1. The van der Waals surface area contributed by atoms with Crippen molar-refractivity contribution in [3.05, 3.63) is 58.8 Å². The number of piperidine rings is 1. The van der Waals surface area contributed by atoms with Crippen molar-refractivity contribution in [2.24, 2.45) is 5.92 Å². The van der Waals surface area contributed by atoms with E-state index in [9.17, 15) is 5.26 Å². The minimum Gasteiger partial charge on any atom is -0.488 e. The van der Waals surface area contributed by atoms with Crippen LogP contribution in [0.25, 0.3) is 11.0 Å². The average Bonchev–Trinajstić information content (AvgIpc) is 3.58. The standard InChI is InChI=1S/C29H36N4O4/c1-32(2)18-25-27(36-20-23-6-4-3-5-22(23)17-30)10-8-24-26(31-37-29(24)25)9-7-21-11-13-33(14-12-21)19-28-34-15-16-35-28/h3-6,8,10,21,28H,7,9,11-16,18-20H2,1-2H3. The second-order valence-electron chi connectivity index (χ2n) is 10.3. The molecule has 0 spiro atoms. The van der Waals surface area contributed by atoms with Gasteiger partial charge in [0.05, 0.1) is 36.1 Å². The molecule has 0 amide bonds. The van der Waals surface area contributed by atoms with Crippen molar-refractivity contribution in [3.63, 3.8) is 0 Å². The molecule has 2 fully saturated rings. The molecular weight excluding hydrogens is 468 g/mol. The summed E-state index contributed by atoms with van der Waals surface area (Å²) in [6.45, 7) is 5.49. The number of rotatable bonds is 10. The lowest BCUT2D eigenvalue weighted by Gasteiger charge is -2.32. The number of nitriles is 1. The first-order chi connectivity index (χ1) is 18.1. The average molecular weight is 505 g/mol. The van der Waals surface area contributed by atoms with E-state index < -0.39 is 0 Å². The topological polar surface area (TPSA) is 84.0 Å². The Morgan fingerprint density at radius 2 is 1.89 bits per heavy atom. The molecule has 3 heterocycles. The van der Waals surface area contributed by atoms with Crippen molar-refractivity contribution < 1.29 is 18.7 Å². The summed E-state index contributed by atoms with van der Waals surface area (Å²) >= 11 is 0. The normalized spacial score (nSPS) is 17.6. The summed E-state index contributed by atoms with van der Waals surface area (Å²) in [7, 11) is 4.06. The predicted octanol–water partition coefficient (Wildman–Crippen LogP) is 4.36. The minimum atomic E-state index is -0.0515. The quantitative estimate of drug-likeness (QED) is 0.403. The molecule has 0 N–H and O–H groups in total. The first kappa shape index (κ1) is 25.7. The molecule has 37 heavy (non-hydrogen) atoms. The second-order valence-corrected chi connectivity index (χ2v) is 10.3. The molecule has 5 rings (SSSR count). The number of nitrogens with zero attached hydrogens (tertiary/aromatic N) is 4. The van der Waals surface area contributed by atoms with Crippen LogP contribution in [0.1, 0.15) is 41.6 Å². The zero-order valence-electron chi connectivity index (χ0n) is 21.8. The monoisotopic (exact) mass is 504 g/mol. The van der Waals surface area contributed by atoms with Crippen LogP contribution in [0.15, 0.2) is 40.9 Å². The van der Waals surface area contributed by atoms with Gasteiger partial charge in [-0.3, -0.25) is 4.90 Å². The Balaban J connectivity index is 1.23. The zero-order chi connectivity index (χ0) is 25.6. The predicted molar refractivity (Wildman–Crippen MR) is 140 cm³/mol. The minimum absolute atomic E-state index is 0.0515. The molecule has 0 unspecified atom stereocenters. The van der Waals surface area contributed by atoms with Gasteiger partial charge in [0, 0.05) is 24.0 Å². The molecule has 0 atom stereocenters. The highest BCUT2D eigenvalue weighted by atomic mass is 16.7. The van der Waals surface area contributed by atoms with Crippen molar-refractivity contribution in [1.29, 1.82) is 5.26 Å². The molecule has 0 saturated carbocycles. The van der Waals surface area contributed by atoms with Gasteiger partial charge in [-0.15, -0.1) is 0 Å². The highest BCUT2D eigenvalue weighted by molar-refractivity contribution is 5.84. The van der Waals surface area contributed by atoms with Gasteiger partial charge in [0.15, 0.2) is 11.9 Å². The van der Waals surface area contributed by atoms with Gasteiger partial charge in [-0.1, -0.05) is 23.4 Å². The Kier molecular flexibility index (Phi) is 8.37. The van der Waals surface area contributed by atoms with E-state index in [1.54, 1.807) is 0 Å².